The highest BCUT2D eigenvalue weighted by atomic mass is 35.5. The molecular formula is C20H20ClN3. The van der Waals surface area contributed by atoms with E-state index in [1.807, 2.05) is 30.5 Å². The standard InChI is InChI=1S/C20H20ClN3/c1-20(2,3)15-6-4-14(5-7-15)13-23-24-18-10-11-22-19-12-16(21)8-9-17(18)19/h4-13H,1-3H3,(H,22,24)/b23-13-. The fourth-order valence-electron chi connectivity index (χ4n) is 2.46. The minimum absolute atomic E-state index is 0.158. The van der Waals surface area contributed by atoms with E-state index in [9.17, 15) is 0 Å². The molecule has 0 bridgehead atoms. The third-order valence-electron chi connectivity index (χ3n) is 3.88. The van der Waals surface area contributed by atoms with Crippen LogP contribution in [-0.4, -0.2) is 11.2 Å². The van der Waals surface area contributed by atoms with E-state index in [4.69, 9.17) is 11.6 Å². The Hall–Kier alpha value is -2.39. The third-order valence-corrected chi connectivity index (χ3v) is 4.12. The maximum Gasteiger partial charge on any atom is 0.0738 e. The monoisotopic (exact) mass is 337 g/mol. The number of hydrogen-bond donors (Lipinski definition) is 1. The Morgan fingerprint density at radius 3 is 2.50 bits per heavy atom. The van der Waals surface area contributed by atoms with Gasteiger partial charge in [0.15, 0.2) is 0 Å². The molecule has 0 aliphatic heterocycles. The Morgan fingerprint density at radius 1 is 1.04 bits per heavy atom. The fraction of sp³-hybridized carbons (Fsp3) is 0.200. The molecule has 0 aliphatic rings. The minimum atomic E-state index is 0.158. The molecule has 0 atom stereocenters. The highest BCUT2D eigenvalue weighted by molar-refractivity contribution is 6.31. The molecule has 1 aromatic heterocycles. The van der Waals surface area contributed by atoms with Crippen molar-refractivity contribution in [3.63, 3.8) is 0 Å². The third kappa shape index (κ3) is 3.74. The lowest BCUT2D eigenvalue weighted by Gasteiger charge is -2.18. The smallest absolute Gasteiger partial charge is 0.0738 e. The van der Waals surface area contributed by atoms with E-state index in [1.165, 1.54) is 5.56 Å². The largest absolute Gasteiger partial charge is 0.278 e. The van der Waals surface area contributed by atoms with Crippen LogP contribution >= 0.6 is 11.6 Å². The van der Waals surface area contributed by atoms with Gasteiger partial charge in [-0.25, -0.2) is 0 Å². The van der Waals surface area contributed by atoms with Crippen molar-refractivity contribution in [1.82, 2.24) is 4.98 Å². The number of fused-ring (bicyclic) bond motifs is 1. The highest BCUT2D eigenvalue weighted by Gasteiger charge is 2.12. The van der Waals surface area contributed by atoms with Crippen LogP contribution < -0.4 is 5.43 Å². The zero-order chi connectivity index (χ0) is 17.2. The average Bonchev–Trinajstić information content (AvgIpc) is 2.54. The van der Waals surface area contributed by atoms with Crippen LogP contribution in [0.3, 0.4) is 0 Å². The van der Waals surface area contributed by atoms with E-state index in [0.29, 0.717) is 5.02 Å². The summed E-state index contributed by atoms with van der Waals surface area (Å²) in [5.74, 6) is 0. The molecule has 0 saturated carbocycles. The number of halogens is 1. The zero-order valence-electron chi connectivity index (χ0n) is 14.0. The second kappa shape index (κ2) is 6.62. The van der Waals surface area contributed by atoms with Gasteiger partial charge in [-0.1, -0.05) is 56.6 Å². The molecule has 4 heteroatoms. The van der Waals surface area contributed by atoms with Gasteiger partial charge in [-0.2, -0.15) is 5.10 Å². The molecule has 3 rings (SSSR count). The van der Waals surface area contributed by atoms with Gasteiger partial charge < -0.3 is 0 Å². The van der Waals surface area contributed by atoms with Gasteiger partial charge in [0, 0.05) is 16.6 Å². The van der Waals surface area contributed by atoms with Crippen LogP contribution in [0, 0.1) is 0 Å². The van der Waals surface area contributed by atoms with E-state index in [1.54, 1.807) is 6.20 Å². The summed E-state index contributed by atoms with van der Waals surface area (Å²) < 4.78 is 0. The minimum Gasteiger partial charge on any atom is -0.278 e. The molecule has 0 aliphatic carbocycles. The fourth-order valence-corrected chi connectivity index (χ4v) is 2.63. The van der Waals surface area contributed by atoms with Crippen LogP contribution in [0.25, 0.3) is 10.9 Å². The second-order valence-corrected chi connectivity index (χ2v) is 7.20. The summed E-state index contributed by atoms with van der Waals surface area (Å²) in [6.07, 6.45) is 3.56. The predicted molar refractivity (Wildman–Crippen MR) is 103 cm³/mol. The Labute approximate surface area is 147 Å². The molecular weight excluding hydrogens is 318 g/mol. The zero-order valence-corrected chi connectivity index (χ0v) is 14.8. The lowest BCUT2D eigenvalue weighted by Crippen LogP contribution is -2.10. The number of pyridine rings is 1. The molecule has 1 N–H and O–H groups in total. The molecule has 122 valence electrons. The van der Waals surface area contributed by atoms with Crippen LogP contribution in [0.5, 0.6) is 0 Å². The summed E-state index contributed by atoms with van der Waals surface area (Å²) in [7, 11) is 0. The molecule has 2 aromatic carbocycles. The molecule has 0 fully saturated rings. The second-order valence-electron chi connectivity index (χ2n) is 6.76. The van der Waals surface area contributed by atoms with Crippen molar-refractivity contribution in [3.8, 4) is 0 Å². The van der Waals surface area contributed by atoms with Crippen LogP contribution in [0.4, 0.5) is 5.69 Å². The SMILES string of the molecule is CC(C)(C)c1ccc(/C=N\Nc2ccnc3cc(Cl)ccc23)cc1. The summed E-state index contributed by atoms with van der Waals surface area (Å²) in [5.41, 5.74) is 7.35. The number of nitrogens with zero attached hydrogens (tertiary/aromatic N) is 2. The average molecular weight is 338 g/mol. The van der Waals surface area contributed by atoms with Gasteiger partial charge >= 0.3 is 0 Å². The summed E-state index contributed by atoms with van der Waals surface area (Å²) >= 11 is 6.01. The van der Waals surface area contributed by atoms with Crippen molar-refractivity contribution < 1.29 is 0 Å². The summed E-state index contributed by atoms with van der Waals surface area (Å²) in [5, 5.41) is 6.00. The molecule has 24 heavy (non-hydrogen) atoms. The van der Waals surface area contributed by atoms with E-state index in [-0.39, 0.29) is 5.41 Å². The van der Waals surface area contributed by atoms with Crippen LogP contribution in [0.15, 0.2) is 59.8 Å². The van der Waals surface area contributed by atoms with Crippen LogP contribution in [0.1, 0.15) is 31.9 Å². The topological polar surface area (TPSA) is 37.3 Å². The quantitative estimate of drug-likeness (QED) is 0.496. The van der Waals surface area contributed by atoms with Gasteiger partial charge in [0.2, 0.25) is 0 Å². The Morgan fingerprint density at radius 2 is 1.79 bits per heavy atom. The molecule has 0 unspecified atom stereocenters. The van der Waals surface area contributed by atoms with Crippen molar-refractivity contribution in [3.05, 3.63) is 70.9 Å². The maximum atomic E-state index is 6.01. The Balaban J connectivity index is 1.77. The number of aromatic nitrogens is 1. The van der Waals surface area contributed by atoms with Crippen molar-refractivity contribution in [1.29, 1.82) is 0 Å². The number of anilines is 1. The van der Waals surface area contributed by atoms with Gasteiger partial charge in [0.1, 0.15) is 0 Å². The van der Waals surface area contributed by atoms with Crippen molar-refractivity contribution in [2.75, 3.05) is 5.43 Å². The molecule has 0 amide bonds. The predicted octanol–water partition coefficient (Wildman–Crippen LogP) is 5.63. The van der Waals surface area contributed by atoms with Gasteiger partial charge in [0.25, 0.3) is 0 Å². The van der Waals surface area contributed by atoms with Gasteiger partial charge in [-0.3, -0.25) is 10.4 Å². The first-order chi connectivity index (χ1) is 11.4. The van der Waals surface area contributed by atoms with E-state index in [2.05, 4.69) is 60.5 Å². The Bertz CT molecular complexity index is 878. The normalized spacial score (nSPS) is 12.0. The van der Waals surface area contributed by atoms with Crippen molar-refractivity contribution in [2.45, 2.75) is 26.2 Å². The maximum absolute atomic E-state index is 6.01. The molecule has 1 heterocycles. The lowest BCUT2D eigenvalue weighted by molar-refractivity contribution is 0.590. The molecule has 0 radical (unpaired) electrons. The van der Waals surface area contributed by atoms with Crippen LogP contribution in [0.2, 0.25) is 5.02 Å². The molecule has 3 nitrogen and oxygen atoms in total. The molecule has 0 saturated heterocycles. The highest BCUT2D eigenvalue weighted by Crippen LogP contribution is 2.24. The summed E-state index contributed by atoms with van der Waals surface area (Å²) in [6.45, 7) is 6.62. The molecule has 3 aromatic rings. The lowest BCUT2D eigenvalue weighted by atomic mass is 9.87. The van der Waals surface area contributed by atoms with Crippen LogP contribution in [-0.2, 0) is 5.41 Å². The van der Waals surface area contributed by atoms with Crippen molar-refractivity contribution in [2.24, 2.45) is 5.10 Å². The summed E-state index contributed by atoms with van der Waals surface area (Å²) in [4.78, 5) is 4.33. The molecule has 0 spiro atoms. The first kappa shape index (κ1) is 16.5. The number of hydrogen-bond acceptors (Lipinski definition) is 3. The van der Waals surface area contributed by atoms with E-state index < -0.39 is 0 Å². The number of hydrazone groups is 1. The number of nitrogens with one attached hydrogen (secondary N) is 1. The van der Waals surface area contributed by atoms with E-state index >= 15 is 0 Å². The number of benzene rings is 2. The van der Waals surface area contributed by atoms with Gasteiger partial charge in [-0.05, 0) is 40.8 Å². The van der Waals surface area contributed by atoms with Gasteiger partial charge in [-0.15, -0.1) is 0 Å². The Kier molecular flexibility index (Phi) is 4.54. The first-order valence-electron chi connectivity index (χ1n) is 7.87. The van der Waals surface area contributed by atoms with Gasteiger partial charge in [0.05, 0.1) is 17.4 Å². The van der Waals surface area contributed by atoms with Crippen molar-refractivity contribution >= 4 is 34.4 Å². The first-order valence-corrected chi connectivity index (χ1v) is 8.25. The number of rotatable bonds is 3. The van der Waals surface area contributed by atoms with E-state index in [0.717, 1.165) is 22.2 Å². The summed E-state index contributed by atoms with van der Waals surface area (Å²) in [6, 6.07) is 16.0.